The van der Waals surface area contributed by atoms with E-state index in [0.29, 0.717) is 16.5 Å². The van der Waals surface area contributed by atoms with Gasteiger partial charge in [-0.2, -0.15) is 0 Å². The Hall–Kier alpha value is -2.60. The van der Waals surface area contributed by atoms with Gasteiger partial charge in [0.1, 0.15) is 5.75 Å². The highest BCUT2D eigenvalue weighted by atomic mass is 16.3. The molecule has 6 heteroatoms. The van der Waals surface area contributed by atoms with Crippen LogP contribution in [0.15, 0.2) is 36.4 Å². The molecule has 2 aromatic rings. The molecular weight excluding hydrogens is 260 g/mol. The minimum absolute atomic E-state index is 0.0164. The Kier molecular flexibility index (Phi) is 4.17. The number of carbonyl (C=O) groups excluding carboxylic acids is 2. The summed E-state index contributed by atoms with van der Waals surface area (Å²) < 4.78 is 0. The van der Waals surface area contributed by atoms with Gasteiger partial charge < -0.3 is 20.8 Å². The normalized spacial score (nSPS) is 10.2. The molecule has 2 rings (SSSR count). The molecule has 0 aliphatic rings. The van der Waals surface area contributed by atoms with Crippen molar-refractivity contribution in [2.75, 3.05) is 18.5 Å². The second-order valence-electron chi connectivity index (χ2n) is 4.11. The Morgan fingerprint density at radius 3 is 2.45 bits per heavy atom. The number of rotatable bonds is 3. The average Bonchev–Trinajstić information content (AvgIpc) is 2.45. The van der Waals surface area contributed by atoms with E-state index >= 15 is 0 Å². The molecule has 0 spiro atoms. The summed E-state index contributed by atoms with van der Waals surface area (Å²) in [4.78, 5) is 23.1. The number of anilines is 1. The van der Waals surface area contributed by atoms with E-state index in [4.69, 9.17) is 5.11 Å². The Morgan fingerprint density at radius 2 is 1.70 bits per heavy atom. The molecule has 0 unspecified atom stereocenters. The molecule has 0 saturated heterocycles. The maximum atomic E-state index is 11.7. The van der Waals surface area contributed by atoms with E-state index in [9.17, 15) is 14.7 Å². The van der Waals surface area contributed by atoms with Gasteiger partial charge in [-0.1, -0.05) is 24.3 Å². The van der Waals surface area contributed by atoms with E-state index < -0.39 is 11.8 Å². The molecule has 104 valence electrons. The van der Waals surface area contributed by atoms with Gasteiger partial charge in [-0.25, -0.2) is 0 Å². The van der Waals surface area contributed by atoms with Gasteiger partial charge in [0.2, 0.25) is 0 Å². The molecule has 0 bridgehead atoms. The van der Waals surface area contributed by atoms with Crippen LogP contribution in [-0.2, 0) is 9.59 Å². The molecule has 4 N–H and O–H groups in total. The third-order valence-electron chi connectivity index (χ3n) is 2.75. The molecule has 6 nitrogen and oxygen atoms in total. The first-order valence-electron chi connectivity index (χ1n) is 6.04. The zero-order valence-corrected chi connectivity index (χ0v) is 10.6. The van der Waals surface area contributed by atoms with Crippen molar-refractivity contribution in [1.29, 1.82) is 0 Å². The molecule has 2 amide bonds. The Morgan fingerprint density at radius 1 is 1.00 bits per heavy atom. The van der Waals surface area contributed by atoms with Gasteiger partial charge >= 0.3 is 11.8 Å². The van der Waals surface area contributed by atoms with Crippen LogP contribution in [-0.4, -0.2) is 35.2 Å². The summed E-state index contributed by atoms with van der Waals surface area (Å²) in [5.74, 6) is -1.55. The van der Waals surface area contributed by atoms with Crippen molar-refractivity contribution >= 4 is 28.3 Å². The Labute approximate surface area is 115 Å². The molecule has 2 aromatic carbocycles. The van der Waals surface area contributed by atoms with E-state index in [2.05, 4.69) is 10.6 Å². The summed E-state index contributed by atoms with van der Waals surface area (Å²) in [6.07, 6.45) is 0. The first-order chi connectivity index (χ1) is 9.63. The quantitative estimate of drug-likeness (QED) is 0.616. The van der Waals surface area contributed by atoms with Gasteiger partial charge in [-0.3, -0.25) is 9.59 Å². The van der Waals surface area contributed by atoms with E-state index in [-0.39, 0.29) is 18.9 Å². The molecule has 20 heavy (non-hydrogen) atoms. The predicted octanol–water partition coefficient (Wildman–Crippen LogP) is 0.592. The van der Waals surface area contributed by atoms with Gasteiger partial charge in [0, 0.05) is 23.0 Å². The molecule has 0 aliphatic carbocycles. The van der Waals surface area contributed by atoms with Crippen molar-refractivity contribution in [3.05, 3.63) is 36.4 Å². The number of phenolic OH excluding ortho intramolecular Hbond substituents is 1. The highest BCUT2D eigenvalue weighted by molar-refractivity contribution is 6.40. The fourth-order valence-electron chi connectivity index (χ4n) is 1.83. The number of nitrogens with one attached hydrogen (secondary N) is 2. The first kappa shape index (κ1) is 13.8. The molecule has 0 atom stereocenters. The number of aliphatic hydroxyl groups excluding tert-OH is 1. The second kappa shape index (κ2) is 6.03. The summed E-state index contributed by atoms with van der Waals surface area (Å²) in [5.41, 5.74) is 0.433. The average molecular weight is 274 g/mol. The van der Waals surface area contributed by atoms with Crippen molar-refractivity contribution in [3.8, 4) is 5.75 Å². The van der Waals surface area contributed by atoms with Crippen LogP contribution in [0.4, 0.5) is 5.69 Å². The van der Waals surface area contributed by atoms with E-state index in [1.165, 1.54) is 0 Å². The molecule has 0 heterocycles. The second-order valence-corrected chi connectivity index (χ2v) is 4.11. The fraction of sp³-hybridized carbons (Fsp3) is 0.143. The summed E-state index contributed by atoms with van der Waals surface area (Å²) in [7, 11) is 0. The summed E-state index contributed by atoms with van der Waals surface area (Å²) in [5, 5.41) is 24.3. The van der Waals surface area contributed by atoms with Crippen LogP contribution < -0.4 is 10.6 Å². The lowest BCUT2D eigenvalue weighted by molar-refractivity contribution is -0.136. The fourth-order valence-corrected chi connectivity index (χ4v) is 1.83. The largest absolute Gasteiger partial charge is 0.507 e. The number of fused-ring (bicyclic) bond motifs is 1. The van der Waals surface area contributed by atoms with Gasteiger partial charge in [0.25, 0.3) is 0 Å². The predicted molar refractivity (Wildman–Crippen MR) is 74.3 cm³/mol. The Balaban J connectivity index is 2.24. The lowest BCUT2D eigenvalue weighted by Crippen LogP contribution is -2.36. The third kappa shape index (κ3) is 2.86. The number of hydrogen-bond donors (Lipinski definition) is 4. The zero-order chi connectivity index (χ0) is 14.5. The van der Waals surface area contributed by atoms with Gasteiger partial charge in [-0.15, -0.1) is 0 Å². The molecule has 0 saturated carbocycles. The summed E-state index contributed by atoms with van der Waals surface area (Å²) in [6, 6.07) is 9.95. The summed E-state index contributed by atoms with van der Waals surface area (Å²) in [6.45, 7) is -0.219. The number of hydrogen-bond acceptors (Lipinski definition) is 4. The standard InChI is InChI=1S/C14H14N2O4/c17-8-7-15-13(19)14(20)16-11-5-1-4-10-9(11)3-2-6-12(10)18/h1-6,17-18H,7-8H2,(H,15,19)(H,16,20). The smallest absolute Gasteiger partial charge is 0.313 e. The SMILES string of the molecule is O=C(NCCO)C(=O)Nc1cccc2c(O)cccc12. The van der Waals surface area contributed by atoms with Gasteiger partial charge in [0.15, 0.2) is 0 Å². The minimum Gasteiger partial charge on any atom is -0.507 e. The molecule has 0 aromatic heterocycles. The maximum Gasteiger partial charge on any atom is 0.313 e. The minimum atomic E-state index is -0.825. The molecule has 0 aliphatic heterocycles. The van der Waals surface area contributed by atoms with Crippen LogP contribution >= 0.6 is 0 Å². The topological polar surface area (TPSA) is 98.7 Å². The van der Waals surface area contributed by atoms with Crippen molar-refractivity contribution < 1.29 is 19.8 Å². The highest BCUT2D eigenvalue weighted by Gasteiger charge is 2.14. The summed E-state index contributed by atoms with van der Waals surface area (Å²) >= 11 is 0. The lowest BCUT2D eigenvalue weighted by atomic mass is 10.1. The Bertz CT molecular complexity index is 655. The molecule has 0 radical (unpaired) electrons. The molecule has 0 fully saturated rings. The molecular formula is C14H14N2O4. The van der Waals surface area contributed by atoms with Crippen LogP contribution in [0.5, 0.6) is 5.75 Å². The number of amides is 2. The van der Waals surface area contributed by atoms with Crippen LogP contribution in [0.25, 0.3) is 10.8 Å². The number of aliphatic hydroxyl groups is 1. The van der Waals surface area contributed by atoms with E-state index in [0.717, 1.165) is 0 Å². The van der Waals surface area contributed by atoms with Crippen molar-refractivity contribution in [3.63, 3.8) is 0 Å². The van der Waals surface area contributed by atoms with Gasteiger partial charge in [-0.05, 0) is 12.1 Å². The van der Waals surface area contributed by atoms with Crippen LogP contribution in [0.3, 0.4) is 0 Å². The lowest BCUT2D eigenvalue weighted by Gasteiger charge is -2.09. The van der Waals surface area contributed by atoms with Crippen LogP contribution in [0.1, 0.15) is 0 Å². The monoisotopic (exact) mass is 274 g/mol. The van der Waals surface area contributed by atoms with Crippen molar-refractivity contribution in [2.24, 2.45) is 0 Å². The number of aromatic hydroxyl groups is 1. The van der Waals surface area contributed by atoms with Crippen molar-refractivity contribution in [2.45, 2.75) is 0 Å². The number of benzene rings is 2. The van der Waals surface area contributed by atoms with Crippen LogP contribution in [0, 0.1) is 0 Å². The van der Waals surface area contributed by atoms with E-state index in [1.807, 2.05) is 0 Å². The van der Waals surface area contributed by atoms with Crippen LogP contribution in [0.2, 0.25) is 0 Å². The zero-order valence-electron chi connectivity index (χ0n) is 10.6. The number of carbonyl (C=O) groups is 2. The highest BCUT2D eigenvalue weighted by Crippen LogP contribution is 2.29. The van der Waals surface area contributed by atoms with Gasteiger partial charge in [0.05, 0.1) is 6.61 Å². The van der Waals surface area contributed by atoms with E-state index in [1.54, 1.807) is 36.4 Å². The third-order valence-corrected chi connectivity index (χ3v) is 2.75. The first-order valence-corrected chi connectivity index (χ1v) is 6.04. The van der Waals surface area contributed by atoms with Crippen molar-refractivity contribution in [1.82, 2.24) is 5.32 Å². The number of phenols is 1. The maximum absolute atomic E-state index is 11.7.